The van der Waals surface area contributed by atoms with Gasteiger partial charge in [-0.15, -0.1) is 0 Å². The van der Waals surface area contributed by atoms with Gasteiger partial charge in [0.2, 0.25) is 0 Å². The predicted molar refractivity (Wildman–Crippen MR) is 82.9 cm³/mol. The van der Waals surface area contributed by atoms with E-state index in [1.54, 1.807) is 5.56 Å². The Morgan fingerprint density at radius 3 is 2.20 bits per heavy atom. The third kappa shape index (κ3) is 2.38. The van der Waals surface area contributed by atoms with Crippen molar-refractivity contribution in [3.8, 4) is 0 Å². The van der Waals surface area contributed by atoms with Crippen molar-refractivity contribution >= 4 is 0 Å². The Balaban J connectivity index is 1.42. The predicted octanol–water partition coefficient (Wildman–Crippen LogP) is 3.82. The number of rotatable bonds is 4. The SMILES string of the molecule is c1ccc2c(c1)CC(NCc1ccccc1C1CC1)C2. The Morgan fingerprint density at radius 2 is 1.50 bits per heavy atom. The summed E-state index contributed by atoms with van der Waals surface area (Å²) in [6.45, 7) is 1.02. The van der Waals surface area contributed by atoms with E-state index in [1.807, 2.05) is 0 Å². The molecular weight excluding hydrogens is 242 g/mol. The van der Waals surface area contributed by atoms with Crippen molar-refractivity contribution < 1.29 is 0 Å². The zero-order chi connectivity index (χ0) is 13.4. The summed E-state index contributed by atoms with van der Waals surface area (Å²) in [5, 5.41) is 3.77. The number of benzene rings is 2. The van der Waals surface area contributed by atoms with Crippen molar-refractivity contribution in [2.24, 2.45) is 0 Å². The van der Waals surface area contributed by atoms with Crippen LogP contribution >= 0.6 is 0 Å². The van der Waals surface area contributed by atoms with Crippen LogP contribution in [0.4, 0.5) is 0 Å². The number of fused-ring (bicyclic) bond motifs is 1. The van der Waals surface area contributed by atoms with Crippen molar-refractivity contribution in [1.82, 2.24) is 5.32 Å². The average molecular weight is 263 g/mol. The number of hydrogen-bond acceptors (Lipinski definition) is 1. The Kier molecular flexibility index (Phi) is 3.08. The molecule has 1 nitrogen and oxygen atoms in total. The summed E-state index contributed by atoms with van der Waals surface area (Å²) >= 11 is 0. The minimum absolute atomic E-state index is 0.611. The van der Waals surface area contributed by atoms with Gasteiger partial charge in [0.15, 0.2) is 0 Å². The molecule has 2 aliphatic rings. The maximum atomic E-state index is 3.77. The molecule has 0 heterocycles. The summed E-state index contributed by atoms with van der Waals surface area (Å²) < 4.78 is 0. The Bertz CT molecular complexity index is 588. The first kappa shape index (κ1) is 12.2. The van der Waals surface area contributed by atoms with E-state index in [-0.39, 0.29) is 0 Å². The monoisotopic (exact) mass is 263 g/mol. The molecule has 4 rings (SSSR count). The molecule has 0 atom stereocenters. The van der Waals surface area contributed by atoms with E-state index in [4.69, 9.17) is 0 Å². The summed E-state index contributed by atoms with van der Waals surface area (Å²) in [5.41, 5.74) is 6.14. The van der Waals surface area contributed by atoms with Crippen LogP contribution in [0.1, 0.15) is 41.0 Å². The lowest BCUT2D eigenvalue weighted by Gasteiger charge is -2.14. The van der Waals surface area contributed by atoms with Gasteiger partial charge in [-0.1, -0.05) is 48.5 Å². The van der Waals surface area contributed by atoms with Crippen LogP contribution < -0.4 is 5.32 Å². The van der Waals surface area contributed by atoms with E-state index in [0.717, 1.165) is 12.5 Å². The van der Waals surface area contributed by atoms with Gasteiger partial charge in [0.1, 0.15) is 0 Å². The molecule has 1 saturated carbocycles. The minimum Gasteiger partial charge on any atom is -0.309 e. The summed E-state index contributed by atoms with van der Waals surface area (Å²) in [6.07, 6.45) is 5.13. The van der Waals surface area contributed by atoms with Crippen LogP contribution in [0.2, 0.25) is 0 Å². The highest BCUT2D eigenvalue weighted by molar-refractivity contribution is 5.35. The number of hydrogen-bond donors (Lipinski definition) is 1. The Hall–Kier alpha value is -1.60. The van der Waals surface area contributed by atoms with Crippen molar-refractivity contribution in [2.75, 3.05) is 0 Å². The molecule has 0 saturated heterocycles. The summed E-state index contributed by atoms with van der Waals surface area (Å²) in [4.78, 5) is 0. The average Bonchev–Trinajstić information content (AvgIpc) is 3.24. The topological polar surface area (TPSA) is 12.0 Å². The van der Waals surface area contributed by atoms with Gasteiger partial charge in [-0.2, -0.15) is 0 Å². The fourth-order valence-electron chi connectivity index (χ4n) is 3.45. The van der Waals surface area contributed by atoms with Crippen molar-refractivity contribution in [2.45, 2.75) is 44.2 Å². The lowest BCUT2D eigenvalue weighted by molar-refractivity contribution is 0.531. The first-order valence-electron chi connectivity index (χ1n) is 7.78. The second-order valence-corrected chi connectivity index (χ2v) is 6.23. The molecular formula is C19H21N. The normalized spacial score (nSPS) is 18.2. The molecule has 0 spiro atoms. The highest BCUT2D eigenvalue weighted by Gasteiger charge is 2.26. The molecule has 0 aliphatic heterocycles. The summed E-state index contributed by atoms with van der Waals surface area (Å²) in [5.74, 6) is 0.841. The van der Waals surface area contributed by atoms with E-state index in [2.05, 4.69) is 53.8 Å². The van der Waals surface area contributed by atoms with E-state index in [0.29, 0.717) is 6.04 Å². The first-order valence-corrected chi connectivity index (χ1v) is 7.78. The second-order valence-electron chi connectivity index (χ2n) is 6.23. The lowest BCUT2D eigenvalue weighted by Crippen LogP contribution is -2.29. The van der Waals surface area contributed by atoms with Gasteiger partial charge < -0.3 is 5.32 Å². The molecule has 102 valence electrons. The van der Waals surface area contributed by atoms with Gasteiger partial charge in [0.05, 0.1) is 0 Å². The van der Waals surface area contributed by atoms with Crippen molar-refractivity contribution in [3.63, 3.8) is 0 Å². The van der Waals surface area contributed by atoms with Crippen molar-refractivity contribution in [1.29, 1.82) is 0 Å². The fourth-order valence-corrected chi connectivity index (χ4v) is 3.45. The van der Waals surface area contributed by atoms with E-state index in [9.17, 15) is 0 Å². The van der Waals surface area contributed by atoms with Crippen LogP contribution in [0, 0.1) is 0 Å². The van der Waals surface area contributed by atoms with Gasteiger partial charge in [0.25, 0.3) is 0 Å². The lowest BCUT2D eigenvalue weighted by atomic mass is 10.0. The minimum atomic E-state index is 0.611. The van der Waals surface area contributed by atoms with Gasteiger partial charge in [-0.25, -0.2) is 0 Å². The third-order valence-electron chi connectivity index (χ3n) is 4.70. The molecule has 2 aromatic rings. The van der Waals surface area contributed by atoms with E-state index >= 15 is 0 Å². The summed E-state index contributed by atoms with van der Waals surface area (Å²) in [6, 6.07) is 18.4. The van der Waals surface area contributed by atoms with Crippen LogP contribution in [0.5, 0.6) is 0 Å². The largest absolute Gasteiger partial charge is 0.309 e. The van der Waals surface area contributed by atoms with Gasteiger partial charge >= 0.3 is 0 Å². The van der Waals surface area contributed by atoms with Crippen LogP contribution in [-0.2, 0) is 19.4 Å². The molecule has 0 bridgehead atoms. The smallest absolute Gasteiger partial charge is 0.0211 e. The zero-order valence-electron chi connectivity index (χ0n) is 11.8. The summed E-state index contributed by atoms with van der Waals surface area (Å²) in [7, 11) is 0. The molecule has 2 aromatic carbocycles. The fraction of sp³-hybridized carbons (Fsp3) is 0.368. The van der Waals surface area contributed by atoms with Gasteiger partial charge in [0, 0.05) is 12.6 Å². The molecule has 0 amide bonds. The quantitative estimate of drug-likeness (QED) is 0.884. The van der Waals surface area contributed by atoms with Gasteiger partial charge in [-0.3, -0.25) is 0 Å². The molecule has 0 aromatic heterocycles. The molecule has 1 heteroatoms. The van der Waals surface area contributed by atoms with Crippen molar-refractivity contribution in [3.05, 3.63) is 70.8 Å². The van der Waals surface area contributed by atoms with Crippen LogP contribution in [0.3, 0.4) is 0 Å². The molecule has 0 unspecified atom stereocenters. The second kappa shape index (κ2) is 5.06. The first-order chi connectivity index (χ1) is 9.90. The zero-order valence-corrected chi connectivity index (χ0v) is 11.8. The van der Waals surface area contributed by atoms with Crippen LogP contribution in [0.15, 0.2) is 48.5 Å². The van der Waals surface area contributed by atoms with Crippen LogP contribution in [0.25, 0.3) is 0 Å². The standard InChI is InChI=1S/C19H21N/c1-2-6-16-12-18(11-15(16)5-1)20-13-17-7-3-4-8-19(17)14-9-10-14/h1-8,14,18,20H,9-13H2. The highest BCUT2D eigenvalue weighted by Crippen LogP contribution is 2.41. The molecule has 0 radical (unpaired) electrons. The highest BCUT2D eigenvalue weighted by atomic mass is 14.9. The maximum absolute atomic E-state index is 3.77. The molecule has 1 N–H and O–H groups in total. The van der Waals surface area contributed by atoms with Crippen LogP contribution in [-0.4, -0.2) is 6.04 Å². The molecule has 2 aliphatic carbocycles. The van der Waals surface area contributed by atoms with E-state index in [1.165, 1.54) is 42.4 Å². The molecule has 20 heavy (non-hydrogen) atoms. The Morgan fingerprint density at radius 1 is 0.850 bits per heavy atom. The van der Waals surface area contributed by atoms with E-state index < -0.39 is 0 Å². The third-order valence-corrected chi connectivity index (χ3v) is 4.70. The molecule has 1 fully saturated rings. The Labute approximate surface area is 121 Å². The number of nitrogens with one attached hydrogen (secondary N) is 1. The van der Waals surface area contributed by atoms with Gasteiger partial charge in [-0.05, 0) is 53.9 Å². The maximum Gasteiger partial charge on any atom is 0.0211 e.